The zero-order valence-corrected chi connectivity index (χ0v) is 11.8. The molecule has 100 valence electrons. The zero-order valence-electron chi connectivity index (χ0n) is 11.0. The number of anilines is 3. The van der Waals surface area contributed by atoms with Crippen LogP contribution >= 0.6 is 11.6 Å². The van der Waals surface area contributed by atoms with E-state index >= 15 is 0 Å². The fourth-order valence-corrected chi connectivity index (χ4v) is 2.39. The van der Waals surface area contributed by atoms with E-state index in [1.165, 1.54) is 0 Å². The van der Waals surface area contributed by atoms with E-state index in [-0.39, 0.29) is 0 Å². The predicted molar refractivity (Wildman–Crippen MR) is 85.6 cm³/mol. The molecule has 3 N–H and O–H groups in total. The molecule has 0 amide bonds. The minimum atomic E-state index is 0.691. The van der Waals surface area contributed by atoms with Crippen molar-refractivity contribution in [1.82, 2.24) is 4.98 Å². The molecule has 0 saturated carbocycles. The minimum Gasteiger partial charge on any atom is -0.397 e. The van der Waals surface area contributed by atoms with Crippen molar-refractivity contribution in [3.8, 4) is 0 Å². The summed E-state index contributed by atoms with van der Waals surface area (Å²) < 4.78 is 0. The Morgan fingerprint density at radius 3 is 2.75 bits per heavy atom. The summed E-state index contributed by atoms with van der Waals surface area (Å²) in [5.74, 6) is 0. The lowest BCUT2D eigenvalue weighted by atomic mass is 10.1. The van der Waals surface area contributed by atoms with Gasteiger partial charge in [0.1, 0.15) is 0 Å². The second kappa shape index (κ2) is 5.02. The average Bonchev–Trinajstić information content (AvgIpc) is 2.47. The number of aromatic nitrogens is 1. The largest absolute Gasteiger partial charge is 0.397 e. The molecule has 3 nitrogen and oxygen atoms in total. The lowest BCUT2D eigenvalue weighted by Gasteiger charge is -2.13. The minimum absolute atomic E-state index is 0.691. The number of nitrogens with two attached hydrogens (primary N) is 1. The number of rotatable bonds is 2. The number of hydrogen-bond acceptors (Lipinski definition) is 3. The van der Waals surface area contributed by atoms with E-state index in [1.807, 2.05) is 49.4 Å². The van der Waals surface area contributed by atoms with Gasteiger partial charge in [-0.15, -0.1) is 0 Å². The molecule has 0 aliphatic carbocycles. The Hall–Kier alpha value is -2.26. The fraction of sp³-hybridized carbons (Fsp3) is 0.0625. The molecule has 1 aromatic heterocycles. The molecule has 0 fully saturated rings. The number of fused-ring (bicyclic) bond motifs is 1. The Morgan fingerprint density at radius 1 is 1.05 bits per heavy atom. The maximum atomic E-state index is 6.20. The highest BCUT2D eigenvalue weighted by molar-refractivity contribution is 6.35. The van der Waals surface area contributed by atoms with Gasteiger partial charge < -0.3 is 11.1 Å². The summed E-state index contributed by atoms with van der Waals surface area (Å²) in [6, 6.07) is 13.5. The monoisotopic (exact) mass is 283 g/mol. The van der Waals surface area contributed by atoms with Crippen LogP contribution in [0.3, 0.4) is 0 Å². The van der Waals surface area contributed by atoms with Crippen LogP contribution in [0.2, 0.25) is 5.02 Å². The standard InChI is InChI=1S/C16H14ClN3/c1-10-4-2-6-13(15(10)18)20-14-8-7-12(17)11-5-3-9-19-16(11)14/h2-9,20H,18H2,1H3. The van der Waals surface area contributed by atoms with Gasteiger partial charge in [-0.2, -0.15) is 0 Å². The van der Waals surface area contributed by atoms with Gasteiger partial charge in [0, 0.05) is 11.6 Å². The molecule has 0 saturated heterocycles. The highest BCUT2D eigenvalue weighted by Crippen LogP contribution is 2.32. The van der Waals surface area contributed by atoms with Gasteiger partial charge in [0.25, 0.3) is 0 Å². The van der Waals surface area contributed by atoms with E-state index in [1.54, 1.807) is 6.20 Å². The third-order valence-corrected chi connectivity index (χ3v) is 3.64. The molecule has 3 rings (SSSR count). The number of nitrogens with zero attached hydrogens (tertiary/aromatic N) is 1. The van der Waals surface area contributed by atoms with Crippen LogP contribution in [-0.4, -0.2) is 4.98 Å². The van der Waals surface area contributed by atoms with E-state index in [2.05, 4.69) is 10.3 Å². The summed E-state index contributed by atoms with van der Waals surface area (Å²) in [5.41, 5.74) is 10.5. The molecule has 0 aliphatic heterocycles. The number of hydrogen-bond donors (Lipinski definition) is 2. The average molecular weight is 284 g/mol. The number of benzene rings is 2. The first kappa shape index (κ1) is 12.8. The molecule has 0 aliphatic rings. The molecule has 20 heavy (non-hydrogen) atoms. The zero-order chi connectivity index (χ0) is 14.1. The number of para-hydroxylation sites is 1. The molecule has 4 heteroatoms. The lowest BCUT2D eigenvalue weighted by Crippen LogP contribution is -1.99. The number of nitrogens with one attached hydrogen (secondary N) is 1. The molecule has 0 unspecified atom stereocenters. The molecule has 1 heterocycles. The first-order chi connectivity index (χ1) is 9.66. The lowest BCUT2D eigenvalue weighted by molar-refractivity contribution is 1.40. The SMILES string of the molecule is Cc1cccc(Nc2ccc(Cl)c3cccnc23)c1N. The molecule has 0 atom stereocenters. The van der Waals surface area contributed by atoms with Crippen LogP contribution in [0.15, 0.2) is 48.7 Å². The predicted octanol–water partition coefficient (Wildman–Crippen LogP) is 4.52. The van der Waals surface area contributed by atoms with E-state index in [0.29, 0.717) is 5.02 Å². The highest BCUT2D eigenvalue weighted by Gasteiger charge is 2.08. The quantitative estimate of drug-likeness (QED) is 0.680. The normalized spacial score (nSPS) is 10.7. The third kappa shape index (κ3) is 2.17. The summed E-state index contributed by atoms with van der Waals surface area (Å²) in [6.07, 6.45) is 1.75. The van der Waals surface area contributed by atoms with Crippen molar-refractivity contribution in [3.05, 3.63) is 59.2 Å². The van der Waals surface area contributed by atoms with Gasteiger partial charge in [-0.25, -0.2) is 0 Å². The third-order valence-electron chi connectivity index (χ3n) is 3.31. The van der Waals surface area contributed by atoms with Gasteiger partial charge >= 0.3 is 0 Å². The summed E-state index contributed by atoms with van der Waals surface area (Å²) >= 11 is 6.20. The van der Waals surface area contributed by atoms with Crippen molar-refractivity contribution in [1.29, 1.82) is 0 Å². The Balaban J connectivity index is 2.12. The van der Waals surface area contributed by atoms with Crippen LogP contribution in [0, 0.1) is 6.92 Å². The smallest absolute Gasteiger partial charge is 0.0951 e. The number of nitrogen functional groups attached to an aromatic ring is 1. The number of halogens is 1. The van der Waals surface area contributed by atoms with Crippen LogP contribution in [0.4, 0.5) is 17.1 Å². The summed E-state index contributed by atoms with van der Waals surface area (Å²) in [6.45, 7) is 1.98. The van der Waals surface area contributed by atoms with Crippen molar-refractivity contribution in [2.45, 2.75) is 6.92 Å². The van der Waals surface area contributed by atoms with Crippen molar-refractivity contribution in [2.75, 3.05) is 11.1 Å². The van der Waals surface area contributed by atoms with E-state index in [4.69, 9.17) is 17.3 Å². The molecular weight excluding hydrogens is 270 g/mol. The molecular formula is C16H14ClN3. The summed E-state index contributed by atoms with van der Waals surface area (Å²) in [7, 11) is 0. The topological polar surface area (TPSA) is 50.9 Å². The van der Waals surface area contributed by atoms with Crippen molar-refractivity contribution in [2.24, 2.45) is 0 Å². The van der Waals surface area contributed by atoms with E-state index < -0.39 is 0 Å². The van der Waals surface area contributed by atoms with Gasteiger partial charge in [0.15, 0.2) is 0 Å². The Kier molecular flexibility index (Phi) is 3.20. The van der Waals surface area contributed by atoms with Crippen LogP contribution in [0.1, 0.15) is 5.56 Å². The van der Waals surface area contributed by atoms with Gasteiger partial charge in [0.2, 0.25) is 0 Å². The van der Waals surface area contributed by atoms with Gasteiger partial charge in [-0.05, 0) is 42.8 Å². The second-order valence-electron chi connectivity index (χ2n) is 4.66. The van der Waals surface area contributed by atoms with Crippen LogP contribution in [0.25, 0.3) is 10.9 Å². The first-order valence-corrected chi connectivity index (χ1v) is 6.70. The first-order valence-electron chi connectivity index (χ1n) is 6.32. The fourth-order valence-electron chi connectivity index (χ4n) is 2.17. The second-order valence-corrected chi connectivity index (χ2v) is 5.06. The molecule has 2 aromatic carbocycles. The molecule has 3 aromatic rings. The van der Waals surface area contributed by atoms with E-state index in [0.717, 1.165) is 33.5 Å². The Morgan fingerprint density at radius 2 is 1.90 bits per heavy atom. The molecule has 0 spiro atoms. The van der Waals surface area contributed by atoms with Crippen molar-refractivity contribution < 1.29 is 0 Å². The maximum Gasteiger partial charge on any atom is 0.0951 e. The van der Waals surface area contributed by atoms with Crippen molar-refractivity contribution >= 4 is 39.6 Å². The van der Waals surface area contributed by atoms with Gasteiger partial charge in [0.05, 0.1) is 27.6 Å². The molecule has 0 bridgehead atoms. The summed E-state index contributed by atoms with van der Waals surface area (Å²) in [5, 5.41) is 4.95. The summed E-state index contributed by atoms with van der Waals surface area (Å²) in [4.78, 5) is 4.40. The number of aryl methyl sites for hydroxylation is 1. The maximum absolute atomic E-state index is 6.20. The van der Waals surface area contributed by atoms with Crippen LogP contribution < -0.4 is 11.1 Å². The Bertz CT molecular complexity index is 784. The van der Waals surface area contributed by atoms with Crippen LogP contribution in [-0.2, 0) is 0 Å². The highest BCUT2D eigenvalue weighted by atomic mass is 35.5. The van der Waals surface area contributed by atoms with Crippen LogP contribution in [0.5, 0.6) is 0 Å². The van der Waals surface area contributed by atoms with Gasteiger partial charge in [-0.3, -0.25) is 4.98 Å². The number of pyridine rings is 1. The Labute approximate surface area is 122 Å². The van der Waals surface area contributed by atoms with Crippen molar-refractivity contribution in [3.63, 3.8) is 0 Å². The molecule has 0 radical (unpaired) electrons. The van der Waals surface area contributed by atoms with E-state index in [9.17, 15) is 0 Å². The van der Waals surface area contributed by atoms with Gasteiger partial charge in [-0.1, -0.05) is 23.7 Å².